The molecule has 240 valence electrons. The first-order chi connectivity index (χ1) is 28.3. The second-order valence-corrected chi connectivity index (χ2v) is 16.5. The SMILES string of the molecule is [2H]c1c([2H])c([2H])c2c(c1[2H])c1c([2H])c(-n3c4ccccc4c4c([Si](c5ccccc5)(c5ccccc5)c5ccccc5)cccc43)c([2H])c([2H])c1n2-c1ccccc1. The minimum absolute atomic E-state index is 0.0912. The van der Waals surface area contributed by atoms with E-state index in [1.165, 1.54) is 15.6 Å². The van der Waals surface area contributed by atoms with Crippen LogP contribution in [0.25, 0.3) is 55.0 Å². The van der Waals surface area contributed by atoms with Crippen molar-refractivity contribution in [3.8, 4) is 11.4 Å². The molecule has 8 aromatic carbocycles. The zero-order valence-corrected chi connectivity index (χ0v) is 28.5. The van der Waals surface area contributed by atoms with Crippen molar-refractivity contribution in [3.05, 3.63) is 206 Å². The zero-order valence-electron chi connectivity index (χ0n) is 34.5. The molecule has 0 aliphatic rings. The lowest BCUT2D eigenvalue weighted by Gasteiger charge is -2.35. The van der Waals surface area contributed by atoms with E-state index in [9.17, 15) is 4.11 Å². The minimum Gasteiger partial charge on any atom is -0.309 e. The van der Waals surface area contributed by atoms with E-state index in [1.54, 1.807) is 16.7 Å². The van der Waals surface area contributed by atoms with Gasteiger partial charge in [0.05, 0.1) is 31.7 Å². The average Bonchev–Trinajstić information content (AvgIpc) is 3.81. The van der Waals surface area contributed by atoms with Crippen molar-refractivity contribution in [2.75, 3.05) is 0 Å². The molecule has 0 aliphatic heterocycles. The van der Waals surface area contributed by atoms with Crippen LogP contribution >= 0.6 is 0 Å². The van der Waals surface area contributed by atoms with Crippen molar-refractivity contribution in [2.45, 2.75) is 0 Å². The Morgan fingerprint density at radius 2 is 0.902 bits per heavy atom. The summed E-state index contributed by atoms with van der Waals surface area (Å²) in [7, 11) is -3.08. The zero-order chi connectivity index (χ0) is 39.9. The number of fused-ring (bicyclic) bond motifs is 6. The Labute approximate surface area is 307 Å². The highest BCUT2D eigenvalue weighted by molar-refractivity contribution is 7.20. The highest BCUT2D eigenvalue weighted by Gasteiger charge is 2.43. The molecule has 2 aromatic heterocycles. The first-order valence-electron chi connectivity index (χ1n) is 20.6. The number of aromatic nitrogens is 2. The normalized spacial score (nSPS) is 13.8. The lowest BCUT2D eigenvalue weighted by atomic mass is 10.1. The van der Waals surface area contributed by atoms with E-state index >= 15 is 0 Å². The Morgan fingerprint density at radius 1 is 0.373 bits per heavy atom. The summed E-state index contributed by atoms with van der Waals surface area (Å²) in [6, 6.07) is 53.6. The molecule has 0 amide bonds. The molecule has 2 heterocycles. The summed E-state index contributed by atoms with van der Waals surface area (Å²) < 4.78 is 68.5. The standard InChI is InChI=1S/C48H34N2Si/c1-5-18-35(19-6-1)49-43-28-15-13-26-40(43)42-34-36(32-33-45(42)49)50-44-29-16-14-27-41(44)48-46(50)30-17-31-47(48)51(37-20-7-2-8-21-37,38-22-9-3-10-23-38)39-24-11-4-12-25-39/h1-34H/i13D,15D,26D,28D,32D,33D,34D. The Kier molecular flexibility index (Phi) is 5.37. The van der Waals surface area contributed by atoms with Gasteiger partial charge in [0.2, 0.25) is 0 Å². The molecule has 0 radical (unpaired) electrons. The largest absolute Gasteiger partial charge is 0.309 e. The summed E-state index contributed by atoms with van der Waals surface area (Å²) >= 11 is 0. The smallest absolute Gasteiger partial charge is 0.180 e. The van der Waals surface area contributed by atoms with Gasteiger partial charge in [-0.1, -0.05) is 158 Å². The van der Waals surface area contributed by atoms with Crippen LogP contribution in [0.2, 0.25) is 0 Å². The van der Waals surface area contributed by atoms with Crippen molar-refractivity contribution in [1.82, 2.24) is 9.13 Å². The van der Waals surface area contributed by atoms with Gasteiger partial charge in [0.15, 0.2) is 8.07 Å². The first kappa shape index (κ1) is 23.1. The van der Waals surface area contributed by atoms with Gasteiger partial charge < -0.3 is 9.13 Å². The quantitative estimate of drug-likeness (QED) is 0.123. The monoisotopic (exact) mass is 673 g/mol. The molecule has 2 nitrogen and oxygen atoms in total. The molecule has 0 saturated carbocycles. The molecule has 0 atom stereocenters. The summed E-state index contributed by atoms with van der Waals surface area (Å²) in [5, 5.41) is 7.03. The fraction of sp³-hybridized carbons (Fsp3) is 0. The van der Waals surface area contributed by atoms with Crippen LogP contribution in [0.1, 0.15) is 9.60 Å². The Morgan fingerprint density at radius 3 is 1.57 bits per heavy atom. The molecular formula is C48H34N2Si. The van der Waals surface area contributed by atoms with Gasteiger partial charge >= 0.3 is 0 Å². The third-order valence-electron chi connectivity index (χ3n) is 10.1. The van der Waals surface area contributed by atoms with Gasteiger partial charge in [-0.05, 0) is 69.2 Å². The van der Waals surface area contributed by atoms with Crippen molar-refractivity contribution in [1.29, 1.82) is 0 Å². The summed E-state index contributed by atoms with van der Waals surface area (Å²) in [6.07, 6.45) is 0. The molecule has 3 heteroatoms. The van der Waals surface area contributed by atoms with Crippen LogP contribution < -0.4 is 20.7 Å². The van der Waals surface area contributed by atoms with E-state index in [0.717, 1.165) is 27.0 Å². The van der Waals surface area contributed by atoms with Crippen molar-refractivity contribution >= 4 is 72.4 Å². The number of hydrogen-bond donors (Lipinski definition) is 0. The molecule has 0 spiro atoms. The van der Waals surface area contributed by atoms with Gasteiger partial charge in [-0.2, -0.15) is 0 Å². The third-order valence-corrected chi connectivity index (χ3v) is 14.9. The maximum atomic E-state index is 10.1. The average molecular weight is 674 g/mol. The van der Waals surface area contributed by atoms with Crippen molar-refractivity contribution in [2.24, 2.45) is 0 Å². The van der Waals surface area contributed by atoms with E-state index in [4.69, 9.17) is 5.48 Å². The highest BCUT2D eigenvalue weighted by Crippen LogP contribution is 2.37. The van der Waals surface area contributed by atoms with Gasteiger partial charge in [-0.15, -0.1) is 0 Å². The number of hydrogen-bond acceptors (Lipinski definition) is 0. The number of benzene rings is 8. The second kappa shape index (κ2) is 11.9. The molecule has 10 rings (SSSR count). The van der Waals surface area contributed by atoms with Crippen LogP contribution in [-0.4, -0.2) is 17.2 Å². The molecule has 0 aliphatic carbocycles. The number of rotatable bonds is 6. The highest BCUT2D eigenvalue weighted by atomic mass is 28.3. The van der Waals surface area contributed by atoms with Crippen LogP contribution in [0.3, 0.4) is 0 Å². The van der Waals surface area contributed by atoms with Crippen LogP contribution in [-0.2, 0) is 0 Å². The predicted molar refractivity (Wildman–Crippen MR) is 219 cm³/mol. The summed E-state index contributed by atoms with van der Waals surface area (Å²) in [4.78, 5) is 0. The maximum absolute atomic E-state index is 10.1. The molecular weight excluding hydrogens is 633 g/mol. The van der Waals surface area contributed by atoms with E-state index in [2.05, 4.69) is 91.0 Å². The third kappa shape index (κ3) is 4.42. The molecule has 0 saturated heterocycles. The van der Waals surface area contributed by atoms with Gasteiger partial charge in [0, 0.05) is 32.9 Å². The van der Waals surface area contributed by atoms with Crippen LogP contribution in [0.15, 0.2) is 206 Å². The Balaban J connectivity index is 1.40. The number of nitrogens with zero attached hydrogens (tertiary/aromatic N) is 2. The lowest BCUT2D eigenvalue weighted by Crippen LogP contribution is -2.74. The summed E-state index contributed by atoms with van der Waals surface area (Å²) in [5.41, 5.74) is 2.63. The molecule has 0 unspecified atom stereocenters. The van der Waals surface area contributed by atoms with Crippen molar-refractivity contribution in [3.63, 3.8) is 0 Å². The van der Waals surface area contributed by atoms with E-state index in [-0.39, 0.29) is 57.7 Å². The van der Waals surface area contributed by atoms with E-state index in [0.29, 0.717) is 5.69 Å². The number of para-hydroxylation sites is 3. The minimum atomic E-state index is -3.08. The van der Waals surface area contributed by atoms with E-state index in [1.807, 2.05) is 65.2 Å². The van der Waals surface area contributed by atoms with Gasteiger partial charge in [-0.25, -0.2) is 0 Å². The summed E-state index contributed by atoms with van der Waals surface area (Å²) in [5.74, 6) is 0. The second-order valence-electron chi connectivity index (χ2n) is 12.7. The molecule has 0 bridgehead atoms. The topological polar surface area (TPSA) is 9.86 Å². The fourth-order valence-corrected chi connectivity index (χ4v) is 13.0. The lowest BCUT2D eigenvalue weighted by molar-refractivity contribution is 1.17. The first-order valence-corrected chi connectivity index (χ1v) is 19.1. The van der Waals surface area contributed by atoms with Gasteiger partial charge in [0.25, 0.3) is 0 Å². The van der Waals surface area contributed by atoms with Crippen LogP contribution in [0, 0.1) is 0 Å². The maximum Gasteiger partial charge on any atom is 0.180 e. The molecule has 0 fully saturated rings. The molecule has 51 heavy (non-hydrogen) atoms. The Hall–Kier alpha value is -6.42. The van der Waals surface area contributed by atoms with Crippen LogP contribution in [0.4, 0.5) is 0 Å². The fourth-order valence-electron chi connectivity index (χ4n) is 8.06. The predicted octanol–water partition coefficient (Wildman–Crippen LogP) is 9.26. The van der Waals surface area contributed by atoms with Crippen molar-refractivity contribution < 1.29 is 9.60 Å². The van der Waals surface area contributed by atoms with Crippen LogP contribution in [0.5, 0.6) is 0 Å². The molecule has 10 aromatic rings. The van der Waals surface area contributed by atoms with E-state index < -0.39 is 20.2 Å². The Bertz CT molecular complexity index is 3140. The summed E-state index contributed by atoms with van der Waals surface area (Å²) in [6.45, 7) is 0. The molecule has 0 N–H and O–H groups in total. The van der Waals surface area contributed by atoms with Gasteiger partial charge in [-0.3, -0.25) is 0 Å². The van der Waals surface area contributed by atoms with Gasteiger partial charge in [0.1, 0.15) is 0 Å².